The lowest BCUT2D eigenvalue weighted by molar-refractivity contribution is -0.0161. The first kappa shape index (κ1) is 13.3. The first-order valence-corrected chi connectivity index (χ1v) is 7.73. The SMILES string of the molecule is C[C@H]1CC2(Cc3ccc(Br)cc3C2=O)C[C@H](C)C1O. The Hall–Kier alpha value is -0.670. The average molecular weight is 323 g/mol. The molecule has 1 aromatic rings. The number of aliphatic hydroxyl groups excluding tert-OH is 1. The van der Waals surface area contributed by atoms with E-state index in [1.165, 1.54) is 5.56 Å². The van der Waals surface area contributed by atoms with E-state index in [1.807, 2.05) is 12.1 Å². The molecular formula is C16H19BrO2. The van der Waals surface area contributed by atoms with Crippen molar-refractivity contribution in [2.24, 2.45) is 17.3 Å². The van der Waals surface area contributed by atoms with Crippen LogP contribution in [0.3, 0.4) is 0 Å². The van der Waals surface area contributed by atoms with E-state index >= 15 is 0 Å². The molecular weight excluding hydrogens is 304 g/mol. The van der Waals surface area contributed by atoms with E-state index in [-0.39, 0.29) is 29.1 Å². The van der Waals surface area contributed by atoms with Crippen molar-refractivity contribution in [2.45, 2.75) is 39.2 Å². The maximum atomic E-state index is 12.8. The molecule has 3 heteroatoms. The Morgan fingerprint density at radius 3 is 2.53 bits per heavy atom. The van der Waals surface area contributed by atoms with Crippen molar-refractivity contribution < 1.29 is 9.90 Å². The van der Waals surface area contributed by atoms with Gasteiger partial charge in [0.1, 0.15) is 0 Å². The monoisotopic (exact) mass is 322 g/mol. The molecule has 0 saturated heterocycles. The highest BCUT2D eigenvalue weighted by Crippen LogP contribution is 2.50. The predicted octanol–water partition coefficient (Wildman–Crippen LogP) is 3.60. The third-order valence-corrected chi connectivity index (χ3v) is 5.41. The Bertz CT molecular complexity index is 526. The van der Waals surface area contributed by atoms with E-state index in [2.05, 4.69) is 35.8 Å². The second kappa shape index (κ2) is 4.42. The number of carbonyl (C=O) groups is 1. The van der Waals surface area contributed by atoms with Crippen LogP contribution in [0.5, 0.6) is 0 Å². The van der Waals surface area contributed by atoms with Crippen LogP contribution in [0.15, 0.2) is 22.7 Å². The highest BCUT2D eigenvalue weighted by atomic mass is 79.9. The fourth-order valence-electron chi connectivity index (χ4n) is 4.09. The van der Waals surface area contributed by atoms with Gasteiger partial charge in [-0.3, -0.25) is 4.79 Å². The second-order valence-corrected chi connectivity index (χ2v) is 7.36. The Labute approximate surface area is 122 Å². The lowest BCUT2D eigenvalue weighted by atomic mass is 9.63. The van der Waals surface area contributed by atoms with Gasteiger partial charge in [0.15, 0.2) is 5.78 Å². The first-order chi connectivity index (χ1) is 8.93. The van der Waals surface area contributed by atoms with Crippen LogP contribution in [0, 0.1) is 17.3 Å². The minimum atomic E-state index is -0.270. The molecule has 1 fully saturated rings. The highest BCUT2D eigenvalue weighted by Gasteiger charge is 2.51. The van der Waals surface area contributed by atoms with Crippen molar-refractivity contribution in [3.8, 4) is 0 Å². The molecule has 2 aliphatic carbocycles. The van der Waals surface area contributed by atoms with Gasteiger partial charge in [0.05, 0.1) is 6.10 Å². The van der Waals surface area contributed by atoms with Crippen LogP contribution < -0.4 is 0 Å². The van der Waals surface area contributed by atoms with Gasteiger partial charge in [0.25, 0.3) is 0 Å². The number of fused-ring (bicyclic) bond motifs is 1. The van der Waals surface area contributed by atoms with Gasteiger partial charge in [-0.2, -0.15) is 0 Å². The Morgan fingerprint density at radius 1 is 1.26 bits per heavy atom. The molecule has 0 heterocycles. The zero-order valence-electron chi connectivity index (χ0n) is 11.3. The molecule has 0 aliphatic heterocycles. The van der Waals surface area contributed by atoms with Crippen LogP contribution >= 0.6 is 15.9 Å². The molecule has 3 rings (SSSR count). The first-order valence-electron chi connectivity index (χ1n) is 6.94. The maximum absolute atomic E-state index is 12.8. The van der Waals surface area contributed by atoms with E-state index in [4.69, 9.17) is 0 Å². The average Bonchev–Trinajstić information content (AvgIpc) is 2.60. The van der Waals surface area contributed by atoms with Crippen LogP contribution in [-0.2, 0) is 6.42 Å². The summed E-state index contributed by atoms with van der Waals surface area (Å²) in [6.45, 7) is 4.13. The van der Waals surface area contributed by atoms with Gasteiger partial charge in [-0.15, -0.1) is 0 Å². The van der Waals surface area contributed by atoms with Gasteiger partial charge >= 0.3 is 0 Å². The van der Waals surface area contributed by atoms with Crippen LogP contribution in [-0.4, -0.2) is 17.0 Å². The summed E-state index contributed by atoms with van der Waals surface area (Å²) in [4.78, 5) is 12.8. The number of aliphatic hydroxyl groups is 1. The minimum absolute atomic E-state index is 0.199. The summed E-state index contributed by atoms with van der Waals surface area (Å²) in [5.74, 6) is 0.685. The van der Waals surface area contributed by atoms with Crippen molar-refractivity contribution in [2.75, 3.05) is 0 Å². The zero-order valence-corrected chi connectivity index (χ0v) is 12.9. The molecule has 102 valence electrons. The number of carbonyl (C=O) groups excluding carboxylic acids is 1. The second-order valence-electron chi connectivity index (χ2n) is 6.44. The molecule has 0 aromatic heterocycles. The third kappa shape index (κ3) is 1.98. The minimum Gasteiger partial charge on any atom is -0.393 e. The van der Waals surface area contributed by atoms with Crippen LogP contribution in [0.2, 0.25) is 0 Å². The lowest BCUT2D eigenvalue weighted by Gasteiger charge is -2.42. The molecule has 1 spiro atoms. The number of hydrogen-bond donors (Lipinski definition) is 1. The highest BCUT2D eigenvalue weighted by molar-refractivity contribution is 9.10. The summed E-state index contributed by atoms with van der Waals surface area (Å²) in [7, 11) is 0. The molecule has 0 bridgehead atoms. The molecule has 1 saturated carbocycles. The summed E-state index contributed by atoms with van der Waals surface area (Å²) in [5.41, 5.74) is 1.79. The summed E-state index contributed by atoms with van der Waals surface area (Å²) in [6, 6.07) is 6.02. The van der Waals surface area contributed by atoms with E-state index < -0.39 is 0 Å². The number of Topliss-reactive ketones (excluding diaryl/α,β-unsaturated/α-hetero) is 1. The summed E-state index contributed by atoms with van der Waals surface area (Å²) >= 11 is 3.45. The Kier molecular flexibility index (Phi) is 3.10. The summed E-state index contributed by atoms with van der Waals surface area (Å²) in [6.07, 6.45) is 2.19. The number of benzene rings is 1. The van der Waals surface area contributed by atoms with Gasteiger partial charge in [-0.05, 0) is 48.8 Å². The molecule has 0 unspecified atom stereocenters. The largest absolute Gasteiger partial charge is 0.393 e. The lowest BCUT2D eigenvalue weighted by Crippen LogP contribution is -2.44. The van der Waals surface area contributed by atoms with Crippen molar-refractivity contribution in [1.29, 1.82) is 0 Å². The van der Waals surface area contributed by atoms with Crippen molar-refractivity contribution in [3.05, 3.63) is 33.8 Å². The fraction of sp³-hybridized carbons (Fsp3) is 0.562. The molecule has 19 heavy (non-hydrogen) atoms. The molecule has 2 nitrogen and oxygen atoms in total. The van der Waals surface area contributed by atoms with Gasteiger partial charge in [-0.25, -0.2) is 0 Å². The third-order valence-electron chi connectivity index (χ3n) is 4.92. The van der Waals surface area contributed by atoms with Crippen LogP contribution in [0.4, 0.5) is 0 Å². The molecule has 2 aliphatic rings. The Morgan fingerprint density at radius 2 is 1.89 bits per heavy atom. The van der Waals surface area contributed by atoms with E-state index in [1.54, 1.807) is 0 Å². The smallest absolute Gasteiger partial charge is 0.169 e. The van der Waals surface area contributed by atoms with Crippen molar-refractivity contribution in [3.63, 3.8) is 0 Å². The summed E-state index contributed by atoms with van der Waals surface area (Å²) < 4.78 is 0.966. The zero-order chi connectivity index (χ0) is 13.8. The Balaban J connectivity index is 1.99. The summed E-state index contributed by atoms with van der Waals surface area (Å²) in [5, 5.41) is 10.1. The van der Waals surface area contributed by atoms with Crippen LogP contribution in [0.25, 0.3) is 0 Å². The number of ketones is 1. The molecule has 1 aromatic carbocycles. The quantitative estimate of drug-likeness (QED) is 0.792. The normalized spacial score (nSPS) is 37.7. The van der Waals surface area contributed by atoms with Gasteiger partial charge in [-0.1, -0.05) is 35.8 Å². The number of rotatable bonds is 0. The van der Waals surface area contributed by atoms with E-state index in [0.717, 1.165) is 29.3 Å². The number of halogens is 1. The van der Waals surface area contributed by atoms with E-state index in [9.17, 15) is 9.90 Å². The topological polar surface area (TPSA) is 37.3 Å². The van der Waals surface area contributed by atoms with Gasteiger partial charge in [0, 0.05) is 15.5 Å². The van der Waals surface area contributed by atoms with Gasteiger partial charge in [0.2, 0.25) is 0 Å². The molecule has 0 radical (unpaired) electrons. The molecule has 0 amide bonds. The standard InChI is InChI=1S/C16H19BrO2/c1-9-6-16(7-10(2)14(9)18)8-11-3-4-12(17)5-13(11)15(16)19/h3-5,9-10,14,18H,6-8H2,1-2H3/t9-,10-,14?,16?/m0/s1. The van der Waals surface area contributed by atoms with Gasteiger partial charge < -0.3 is 5.11 Å². The maximum Gasteiger partial charge on any atom is 0.169 e. The van der Waals surface area contributed by atoms with Crippen LogP contribution in [0.1, 0.15) is 42.6 Å². The number of hydrogen-bond acceptors (Lipinski definition) is 2. The van der Waals surface area contributed by atoms with E-state index in [0.29, 0.717) is 0 Å². The fourth-order valence-corrected chi connectivity index (χ4v) is 4.45. The molecule has 1 N–H and O–H groups in total. The molecule has 2 atom stereocenters. The predicted molar refractivity (Wildman–Crippen MR) is 78.2 cm³/mol. The van der Waals surface area contributed by atoms with Crippen molar-refractivity contribution >= 4 is 21.7 Å². The van der Waals surface area contributed by atoms with Crippen molar-refractivity contribution in [1.82, 2.24) is 0 Å².